The van der Waals surface area contributed by atoms with Crippen molar-refractivity contribution >= 4 is 75.9 Å². The van der Waals surface area contributed by atoms with Gasteiger partial charge in [0.25, 0.3) is 0 Å². The summed E-state index contributed by atoms with van der Waals surface area (Å²) in [5.74, 6) is 1.85. The van der Waals surface area contributed by atoms with Gasteiger partial charge in [0, 0.05) is 38.4 Å². The molecule has 0 aliphatic rings. The first kappa shape index (κ1) is 30.8. The predicted molar refractivity (Wildman–Crippen MR) is 232 cm³/mol. The van der Waals surface area contributed by atoms with Crippen molar-refractivity contribution in [3.05, 3.63) is 188 Å². The maximum atomic E-state index is 5.13. The lowest BCUT2D eigenvalue weighted by molar-refractivity contribution is 0.953. The summed E-state index contributed by atoms with van der Waals surface area (Å²) < 4.78 is 4.60. The zero-order chi connectivity index (χ0) is 36.7. The van der Waals surface area contributed by atoms with Gasteiger partial charge in [0.2, 0.25) is 5.95 Å². The average molecular weight is 714 g/mol. The highest BCUT2D eigenvalue weighted by Gasteiger charge is 2.20. The number of aromatic nitrogens is 5. The maximum absolute atomic E-state index is 5.13. The van der Waals surface area contributed by atoms with Gasteiger partial charge in [-0.2, -0.15) is 9.97 Å². The minimum absolute atomic E-state index is 0.583. The molecule has 0 aliphatic heterocycles. The summed E-state index contributed by atoms with van der Waals surface area (Å²) in [6.45, 7) is 0. The molecular formula is C51H31N5. The zero-order valence-corrected chi connectivity index (χ0v) is 30.1. The van der Waals surface area contributed by atoms with Crippen LogP contribution in [0.25, 0.3) is 110 Å². The number of benzene rings is 9. The van der Waals surface area contributed by atoms with Crippen molar-refractivity contribution < 1.29 is 0 Å². The lowest BCUT2D eigenvalue weighted by Crippen LogP contribution is -2.06. The molecule has 0 spiro atoms. The highest BCUT2D eigenvalue weighted by atomic mass is 15.2. The highest BCUT2D eigenvalue weighted by Crippen LogP contribution is 2.41. The van der Waals surface area contributed by atoms with Crippen LogP contribution in [0.2, 0.25) is 0 Å². The Morgan fingerprint density at radius 1 is 0.304 bits per heavy atom. The summed E-state index contributed by atoms with van der Waals surface area (Å²) >= 11 is 0. The first-order valence-electron chi connectivity index (χ1n) is 19.0. The third-order valence-corrected chi connectivity index (χ3v) is 11.4. The van der Waals surface area contributed by atoms with E-state index in [2.05, 4.69) is 137 Å². The van der Waals surface area contributed by atoms with E-state index in [0.29, 0.717) is 17.6 Å². The Labute approximate surface area is 321 Å². The van der Waals surface area contributed by atoms with Crippen molar-refractivity contribution in [1.29, 1.82) is 0 Å². The molecule has 0 saturated carbocycles. The minimum atomic E-state index is 0.583. The van der Waals surface area contributed by atoms with Gasteiger partial charge in [-0.25, -0.2) is 4.98 Å². The second-order valence-corrected chi connectivity index (χ2v) is 14.4. The molecule has 0 radical (unpaired) electrons. The van der Waals surface area contributed by atoms with Gasteiger partial charge in [0.05, 0.1) is 22.1 Å². The maximum Gasteiger partial charge on any atom is 0.238 e. The molecule has 0 N–H and O–H groups in total. The van der Waals surface area contributed by atoms with Gasteiger partial charge in [0.15, 0.2) is 11.6 Å². The standard InChI is InChI=1S/C51H31N5/c1-3-14-33(15-4-1)49-52-50(34-16-5-2-6-17-34)54-51(53-49)56-44-21-11-9-19-40(44)43-31-35(24-29-46(43)56)55-45-22-12-10-20-42(45)48-41-27-26-37-36-18-8-7-13-32(36)23-25-38(37)39(41)28-30-47(48)55/h1-31H. The lowest BCUT2D eigenvalue weighted by Gasteiger charge is -2.12. The largest absolute Gasteiger partial charge is 0.309 e. The van der Waals surface area contributed by atoms with Gasteiger partial charge in [0.1, 0.15) is 0 Å². The number of nitrogens with zero attached hydrogens (tertiary/aromatic N) is 5. The highest BCUT2D eigenvalue weighted by molar-refractivity contribution is 6.27. The second kappa shape index (κ2) is 11.9. The fourth-order valence-electron chi connectivity index (χ4n) is 8.86. The van der Waals surface area contributed by atoms with Crippen molar-refractivity contribution in [2.45, 2.75) is 0 Å². The molecule has 260 valence electrons. The minimum Gasteiger partial charge on any atom is -0.309 e. The molecule has 5 nitrogen and oxygen atoms in total. The second-order valence-electron chi connectivity index (χ2n) is 14.4. The van der Waals surface area contributed by atoms with Crippen LogP contribution in [0.3, 0.4) is 0 Å². The van der Waals surface area contributed by atoms with E-state index in [1.165, 1.54) is 54.1 Å². The van der Waals surface area contributed by atoms with Crippen LogP contribution in [0.4, 0.5) is 0 Å². The first-order chi connectivity index (χ1) is 27.8. The van der Waals surface area contributed by atoms with Crippen LogP contribution in [-0.2, 0) is 0 Å². The van der Waals surface area contributed by atoms with E-state index >= 15 is 0 Å². The summed E-state index contributed by atoms with van der Waals surface area (Å²) in [5, 5.41) is 12.4. The van der Waals surface area contributed by atoms with E-state index < -0.39 is 0 Å². The molecule has 0 atom stereocenters. The predicted octanol–water partition coefficient (Wildman–Crippen LogP) is 12.9. The lowest BCUT2D eigenvalue weighted by atomic mass is 9.95. The zero-order valence-electron chi connectivity index (χ0n) is 30.1. The van der Waals surface area contributed by atoms with Crippen LogP contribution in [0.5, 0.6) is 0 Å². The van der Waals surface area contributed by atoms with Crippen LogP contribution < -0.4 is 0 Å². The normalized spacial score (nSPS) is 11.9. The third-order valence-electron chi connectivity index (χ3n) is 11.4. The molecule has 3 heterocycles. The number of para-hydroxylation sites is 2. The van der Waals surface area contributed by atoms with Crippen LogP contribution in [-0.4, -0.2) is 24.1 Å². The van der Waals surface area contributed by atoms with Crippen molar-refractivity contribution in [1.82, 2.24) is 24.1 Å². The van der Waals surface area contributed by atoms with Gasteiger partial charge < -0.3 is 4.57 Å². The fraction of sp³-hybridized carbons (Fsp3) is 0. The van der Waals surface area contributed by atoms with Gasteiger partial charge in [-0.3, -0.25) is 4.57 Å². The molecule has 12 rings (SSSR count). The van der Waals surface area contributed by atoms with E-state index in [1.807, 2.05) is 60.7 Å². The molecule has 0 bridgehead atoms. The summed E-state index contributed by atoms with van der Waals surface area (Å²) in [4.78, 5) is 15.2. The summed E-state index contributed by atoms with van der Waals surface area (Å²) in [6.07, 6.45) is 0. The Morgan fingerprint density at radius 2 is 0.821 bits per heavy atom. The van der Waals surface area contributed by atoms with Crippen molar-refractivity contribution in [2.75, 3.05) is 0 Å². The molecule has 0 unspecified atom stereocenters. The van der Waals surface area contributed by atoms with Gasteiger partial charge in [-0.1, -0.05) is 152 Å². The van der Waals surface area contributed by atoms with Crippen LogP contribution in [0.1, 0.15) is 0 Å². The smallest absolute Gasteiger partial charge is 0.238 e. The van der Waals surface area contributed by atoms with Crippen LogP contribution in [0, 0.1) is 0 Å². The van der Waals surface area contributed by atoms with E-state index in [9.17, 15) is 0 Å². The third kappa shape index (κ3) is 4.52. The van der Waals surface area contributed by atoms with Crippen molar-refractivity contribution in [2.24, 2.45) is 0 Å². The summed E-state index contributed by atoms with van der Waals surface area (Å²) in [5.41, 5.74) is 7.41. The first-order valence-corrected chi connectivity index (χ1v) is 19.0. The molecule has 0 aliphatic carbocycles. The molecule has 0 saturated heterocycles. The number of hydrogen-bond donors (Lipinski definition) is 0. The Morgan fingerprint density at radius 3 is 1.57 bits per heavy atom. The molecule has 5 heteroatoms. The quantitative estimate of drug-likeness (QED) is 0.171. The molecule has 9 aromatic carbocycles. The topological polar surface area (TPSA) is 48.5 Å². The monoisotopic (exact) mass is 713 g/mol. The number of hydrogen-bond acceptors (Lipinski definition) is 3. The molecule has 56 heavy (non-hydrogen) atoms. The molecule has 12 aromatic rings. The van der Waals surface area contributed by atoms with E-state index in [4.69, 9.17) is 15.0 Å². The molecule has 0 fully saturated rings. The Balaban J connectivity index is 1.10. The van der Waals surface area contributed by atoms with Gasteiger partial charge in [-0.05, 0) is 68.7 Å². The van der Waals surface area contributed by atoms with E-state index in [0.717, 1.165) is 38.6 Å². The Kier molecular flexibility index (Phi) is 6.56. The van der Waals surface area contributed by atoms with Crippen LogP contribution >= 0.6 is 0 Å². The van der Waals surface area contributed by atoms with Gasteiger partial charge >= 0.3 is 0 Å². The van der Waals surface area contributed by atoms with E-state index in [-0.39, 0.29) is 0 Å². The van der Waals surface area contributed by atoms with Gasteiger partial charge in [-0.15, -0.1) is 0 Å². The van der Waals surface area contributed by atoms with Crippen molar-refractivity contribution in [3.8, 4) is 34.4 Å². The molecular weight excluding hydrogens is 683 g/mol. The van der Waals surface area contributed by atoms with Crippen molar-refractivity contribution in [3.63, 3.8) is 0 Å². The van der Waals surface area contributed by atoms with E-state index in [1.54, 1.807) is 0 Å². The van der Waals surface area contributed by atoms with Crippen LogP contribution in [0.15, 0.2) is 188 Å². The summed E-state index contributed by atoms with van der Waals surface area (Å²) in [7, 11) is 0. The molecule has 0 amide bonds. The Bertz CT molecular complexity index is 3470. The number of rotatable bonds is 4. The SMILES string of the molecule is c1ccc(-c2nc(-c3ccccc3)nc(-n3c4ccccc4c4cc(-n5c6ccccc6c6c7ccc8c9ccccc9ccc8c7ccc65)ccc43)n2)cc1. The number of fused-ring (bicyclic) bond motifs is 12. The average Bonchev–Trinajstić information content (AvgIpc) is 3.79. The fourth-order valence-corrected chi connectivity index (χ4v) is 8.86. The molecule has 3 aromatic heterocycles. The summed E-state index contributed by atoms with van der Waals surface area (Å²) in [6, 6.07) is 66.8. The Hall–Kier alpha value is -7.63.